The summed E-state index contributed by atoms with van der Waals surface area (Å²) in [5.74, 6) is 0. The summed E-state index contributed by atoms with van der Waals surface area (Å²) in [4.78, 5) is 0.165. The third kappa shape index (κ3) is 5.77. The van der Waals surface area contributed by atoms with Gasteiger partial charge in [0.1, 0.15) is 5.71 Å². The minimum Gasteiger partial charge on any atom is -0.354 e. The lowest BCUT2D eigenvalue weighted by Crippen LogP contribution is -2.20. The lowest BCUT2D eigenvalue weighted by molar-refractivity contribution is -0.0583. The summed E-state index contributed by atoms with van der Waals surface area (Å²) in [7, 11) is -3.38. The minimum atomic E-state index is -4.81. The average molecular weight is 479 g/mol. The molecule has 4 nitrogen and oxygen atoms in total. The average Bonchev–Trinajstić information content (AvgIpc) is 2.73. The molecule has 3 rings (SSSR count). The zero-order valence-electron chi connectivity index (χ0n) is 16.7. The molecule has 0 spiro atoms. The molecular weight excluding hydrogens is 461 g/mol. The molecule has 0 aromatic heterocycles. The van der Waals surface area contributed by atoms with Gasteiger partial charge in [0.2, 0.25) is 0 Å². The van der Waals surface area contributed by atoms with Gasteiger partial charge >= 0.3 is 6.18 Å². The van der Waals surface area contributed by atoms with E-state index >= 15 is 0 Å². The molecule has 0 aliphatic carbocycles. The summed E-state index contributed by atoms with van der Waals surface area (Å²) in [5, 5.41) is 10.5. The normalized spacial score (nSPS) is 12.5. The van der Waals surface area contributed by atoms with Crippen LogP contribution in [0.4, 0.5) is 18.9 Å². The van der Waals surface area contributed by atoms with Gasteiger partial charge < -0.3 is 5.32 Å². The van der Waals surface area contributed by atoms with Crippen LogP contribution < -0.4 is 5.32 Å². The van der Waals surface area contributed by atoms with Crippen LogP contribution in [0.25, 0.3) is 16.8 Å². The first-order chi connectivity index (χ1) is 14.9. The summed E-state index contributed by atoms with van der Waals surface area (Å²) in [6, 6.07) is 19.4. The second-order valence-corrected chi connectivity index (χ2v) is 9.37. The molecule has 166 valence electrons. The number of sulfone groups is 1. The molecular formula is C23H18ClF3N2O2S. The summed E-state index contributed by atoms with van der Waals surface area (Å²) in [5.41, 5.74) is 0.630. The molecule has 0 amide bonds. The van der Waals surface area contributed by atoms with Crippen molar-refractivity contribution in [1.29, 1.82) is 5.41 Å². The van der Waals surface area contributed by atoms with Crippen molar-refractivity contribution in [3.8, 4) is 11.1 Å². The Kier molecular flexibility index (Phi) is 6.76. The molecule has 9 heteroatoms. The Morgan fingerprint density at radius 3 is 2.22 bits per heavy atom. The SMILES string of the molecule is CS(=O)(=O)c1cccc(-c2ccc(/C(=C/C(=N)C(F)(F)F)Nc3ccccc3Cl)cc2)c1. The van der Waals surface area contributed by atoms with Crippen molar-refractivity contribution in [2.45, 2.75) is 11.1 Å². The zero-order valence-corrected chi connectivity index (χ0v) is 18.3. The van der Waals surface area contributed by atoms with E-state index in [4.69, 9.17) is 17.0 Å². The van der Waals surface area contributed by atoms with E-state index in [-0.39, 0.29) is 10.6 Å². The molecule has 0 aliphatic rings. The number of nitrogens with one attached hydrogen (secondary N) is 2. The Bertz CT molecular complexity index is 1290. The predicted octanol–water partition coefficient (Wildman–Crippen LogP) is 6.45. The van der Waals surface area contributed by atoms with Crippen LogP contribution in [0.1, 0.15) is 5.56 Å². The maximum absolute atomic E-state index is 13.0. The summed E-state index contributed by atoms with van der Waals surface area (Å²) >= 11 is 6.12. The first kappa shape index (κ1) is 23.6. The fourth-order valence-corrected chi connectivity index (χ4v) is 3.72. The molecule has 0 fully saturated rings. The maximum Gasteiger partial charge on any atom is 0.432 e. The largest absolute Gasteiger partial charge is 0.432 e. The highest BCUT2D eigenvalue weighted by atomic mass is 35.5. The van der Waals surface area contributed by atoms with E-state index < -0.39 is 21.7 Å². The van der Waals surface area contributed by atoms with E-state index in [1.807, 2.05) is 0 Å². The predicted molar refractivity (Wildman–Crippen MR) is 122 cm³/mol. The Labute approximate surface area is 188 Å². The van der Waals surface area contributed by atoms with Crippen molar-refractivity contribution in [3.63, 3.8) is 0 Å². The first-order valence-corrected chi connectivity index (χ1v) is 11.5. The van der Waals surface area contributed by atoms with Gasteiger partial charge in [0.15, 0.2) is 9.84 Å². The number of benzene rings is 3. The van der Waals surface area contributed by atoms with Crippen molar-refractivity contribution in [3.05, 3.63) is 89.5 Å². The van der Waals surface area contributed by atoms with Gasteiger partial charge in [0.25, 0.3) is 0 Å². The van der Waals surface area contributed by atoms with E-state index in [2.05, 4.69) is 5.32 Å². The highest BCUT2D eigenvalue weighted by Gasteiger charge is 2.33. The van der Waals surface area contributed by atoms with Gasteiger partial charge in [-0.25, -0.2) is 8.42 Å². The monoisotopic (exact) mass is 478 g/mol. The van der Waals surface area contributed by atoms with Crippen LogP contribution in [-0.4, -0.2) is 26.6 Å². The lowest BCUT2D eigenvalue weighted by atomic mass is 10.0. The van der Waals surface area contributed by atoms with E-state index in [0.29, 0.717) is 33.5 Å². The number of alkyl halides is 3. The van der Waals surface area contributed by atoms with Gasteiger partial charge in [0, 0.05) is 12.0 Å². The minimum absolute atomic E-state index is 0.0388. The van der Waals surface area contributed by atoms with E-state index in [1.165, 1.54) is 12.1 Å². The number of hydrogen-bond acceptors (Lipinski definition) is 4. The second kappa shape index (κ2) is 9.18. The number of hydrogen-bond donors (Lipinski definition) is 2. The van der Waals surface area contributed by atoms with Gasteiger partial charge in [0.05, 0.1) is 15.6 Å². The third-order valence-electron chi connectivity index (χ3n) is 4.53. The number of rotatable bonds is 6. The van der Waals surface area contributed by atoms with Gasteiger partial charge in [-0.1, -0.05) is 60.1 Å². The van der Waals surface area contributed by atoms with Crippen LogP contribution in [0, 0.1) is 5.41 Å². The smallest absolute Gasteiger partial charge is 0.354 e. The molecule has 0 saturated heterocycles. The topological polar surface area (TPSA) is 70.0 Å². The molecule has 0 aliphatic heterocycles. The summed E-state index contributed by atoms with van der Waals surface area (Å²) in [6.07, 6.45) is -3.00. The van der Waals surface area contributed by atoms with E-state index in [9.17, 15) is 21.6 Å². The molecule has 0 bridgehead atoms. The zero-order chi connectivity index (χ0) is 23.5. The fourth-order valence-electron chi connectivity index (χ4n) is 2.87. The third-order valence-corrected chi connectivity index (χ3v) is 5.97. The van der Waals surface area contributed by atoms with Crippen molar-refractivity contribution in [2.75, 3.05) is 11.6 Å². The first-order valence-electron chi connectivity index (χ1n) is 9.25. The van der Waals surface area contributed by atoms with E-state index in [1.54, 1.807) is 60.7 Å². The van der Waals surface area contributed by atoms with Crippen LogP contribution >= 0.6 is 11.6 Å². The lowest BCUT2D eigenvalue weighted by Gasteiger charge is -2.15. The standard InChI is InChI=1S/C23H18ClF3N2O2S/c1-32(30,31)18-6-4-5-17(13-18)15-9-11-16(12-10-15)21(14-22(28)23(25,26)27)29-20-8-3-2-7-19(20)24/h2-14,28-29H,1H3/b21-14-,28-22?. The molecule has 0 radical (unpaired) electrons. The van der Waals surface area contributed by atoms with Gasteiger partial charge in [-0.05, 0) is 47.0 Å². The van der Waals surface area contributed by atoms with Crippen LogP contribution in [0.3, 0.4) is 0 Å². The molecule has 32 heavy (non-hydrogen) atoms. The van der Waals surface area contributed by atoms with Gasteiger partial charge in [-0.15, -0.1) is 0 Å². The van der Waals surface area contributed by atoms with Crippen LogP contribution in [0.15, 0.2) is 83.8 Å². The van der Waals surface area contributed by atoms with Crippen molar-refractivity contribution in [2.24, 2.45) is 0 Å². The molecule has 3 aromatic rings. The van der Waals surface area contributed by atoms with Crippen LogP contribution in [0.2, 0.25) is 5.02 Å². The quantitative estimate of drug-likeness (QED) is 0.400. The van der Waals surface area contributed by atoms with Crippen molar-refractivity contribution < 1.29 is 21.6 Å². The number of anilines is 1. The Balaban J connectivity index is 2.00. The molecule has 0 atom stereocenters. The molecule has 3 aromatic carbocycles. The fraction of sp³-hybridized carbons (Fsp3) is 0.0870. The molecule has 0 heterocycles. The highest BCUT2D eigenvalue weighted by Crippen LogP contribution is 2.29. The van der Waals surface area contributed by atoms with Gasteiger partial charge in [-0.3, -0.25) is 5.41 Å². The molecule has 2 N–H and O–H groups in total. The molecule has 0 unspecified atom stereocenters. The Morgan fingerprint density at radius 2 is 1.62 bits per heavy atom. The molecule has 0 saturated carbocycles. The Morgan fingerprint density at radius 1 is 0.969 bits per heavy atom. The highest BCUT2D eigenvalue weighted by molar-refractivity contribution is 7.90. The van der Waals surface area contributed by atoms with Crippen LogP contribution in [-0.2, 0) is 9.84 Å². The summed E-state index contributed by atoms with van der Waals surface area (Å²) < 4.78 is 62.6. The van der Waals surface area contributed by atoms with Gasteiger partial charge in [-0.2, -0.15) is 13.2 Å². The maximum atomic E-state index is 13.0. The van der Waals surface area contributed by atoms with Crippen LogP contribution in [0.5, 0.6) is 0 Å². The van der Waals surface area contributed by atoms with Crippen molar-refractivity contribution in [1.82, 2.24) is 0 Å². The second-order valence-electron chi connectivity index (χ2n) is 6.95. The van der Waals surface area contributed by atoms with Crippen molar-refractivity contribution >= 4 is 38.5 Å². The Hall–Kier alpha value is -3.10. The van der Waals surface area contributed by atoms with E-state index in [0.717, 1.165) is 6.26 Å². The number of para-hydroxylation sites is 1. The number of halogens is 4. The number of allylic oxidation sites excluding steroid dienone is 1. The summed E-state index contributed by atoms with van der Waals surface area (Å²) in [6.45, 7) is 0.